The van der Waals surface area contributed by atoms with E-state index in [4.69, 9.17) is 4.74 Å². The zero-order valence-corrected chi connectivity index (χ0v) is 11.9. The van der Waals surface area contributed by atoms with E-state index in [2.05, 4.69) is 12.2 Å². The zero-order valence-electron chi connectivity index (χ0n) is 11.9. The molecule has 0 aromatic carbocycles. The number of carbonyl (C=O) groups is 1. The minimum absolute atomic E-state index is 0.205. The highest BCUT2D eigenvalue weighted by molar-refractivity contribution is 5.69. The van der Waals surface area contributed by atoms with Crippen molar-refractivity contribution < 1.29 is 14.6 Å². The lowest BCUT2D eigenvalue weighted by Crippen LogP contribution is -2.43. The first-order valence-corrected chi connectivity index (χ1v) is 7.23. The van der Waals surface area contributed by atoms with E-state index in [1.807, 2.05) is 20.8 Å². The number of ether oxygens (including phenoxy) is 1. The van der Waals surface area contributed by atoms with Crippen molar-refractivity contribution in [3.8, 4) is 0 Å². The minimum Gasteiger partial charge on any atom is -0.444 e. The normalized spacial score (nSPS) is 40.4. The molecule has 3 aliphatic carbocycles. The van der Waals surface area contributed by atoms with Crippen molar-refractivity contribution in [2.45, 2.75) is 45.4 Å². The molecule has 1 saturated heterocycles. The summed E-state index contributed by atoms with van der Waals surface area (Å²) in [5.74, 6) is 1.57. The molecule has 2 fully saturated rings. The van der Waals surface area contributed by atoms with Crippen LogP contribution in [0.4, 0.5) is 4.79 Å². The van der Waals surface area contributed by atoms with Crippen molar-refractivity contribution in [2.24, 2.45) is 23.7 Å². The van der Waals surface area contributed by atoms with Crippen molar-refractivity contribution in [1.82, 2.24) is 4.90 Å². The summed E-state index contributed by atoms with van der Waals surface area (Å²) in [5, 5.41) is 10.5. The van der Waals surface area contributed by atoms with Gasteiger partial charge in [-0.3, -0.25) is 4.90 Å². The highest BCUT2D eigenvalue weighted by atomic mass is 16.6. The third-order valence-corrected chi connectivity index (χ3v) is 4.68. The van der Waals surface area contributed by atoms with E-state index in [9.17, 15) is 9.90 Å². The fraction of sp³-hybridized carbons (Fsp3) is 0.800. The SMILES string of the molecule is CC(C)(C)OC(=O)N1CC2C3C=CC(CC3)C2C1O. The number of aliphatic hydroxyl groups is 1. The molecule has 5 atom stereocenters. The van der Waals surface area contributed by atoms with Gasteiger partial charge >= 0.3 is 6.09 Å². The number of aliphatic hydroxyl groups excluding tert-OH is 1. The molecule has 4 rings (SSSR count). The predicted molar refractivity (Wildman–Crippen MR) is 71.3 cm³/mol. The molecule has 0 spiro atoms. The summed E-state index contributed by atoms with van der Waals surface area (Å²) in [5.41, 5.74) is -0.512. The molecular weight excluding hydrogens is 242 g/mol. The van der Waals surface area contributed by atoms with E-state index in [0.717, 1.165) is 6.42 Å². The Labute approximate surface area is 114 Å². The smallest absolute Gasteiger partial charge is 0.412 e. The van der Waals surface area contributed by atoms with Crippen LogP contribution in [-0.2, 0) is 4.74 Å². The van der Waals surface area contributed by atoms with E-state index in [-0.39, 0.29) is 12.0 Å². The summed E-state index contributed by atoms with van der Waals surface area (Å²) in [4.78, 5) is 13.7. The molecule has 5 unspecified atom stereocenters. The van der Waals surface area contributed by atoms with Crippen LogP contribution in [-0.4, -0.2) is 34.5 Å². The number of rotatable bonds is 0. The fourth-order valence-electron chi connectivity index (χ4n) is 3.89. The lowest BCUT2D eigenvalue weighted by Gasteiger charge is -2.41. The number of hydrogen-bond acceptors (Lipinski definition) is 3. The van der Waals surface area contributed by atoms with E-state index >= 15 is 0 Å². The topological polar surface area (TPSA) is 49.8 Å². The van der Waals surface area contributed by atoms with Gasteiger partial charge in [-0.05, 0) is 51.4 Å². The largest absolute Gasteiger partial charge is 0.444 e. The lowest BCUT2D eigenvalue weighted by molar-refractivity contribution is -0.0371. The van der Waals surface area contributed by atoms with E-state index in [0.29, 0.717) is 24.3 Å². The van der Waals surface area contributed by atoms with Crippen LogP contribution in [0, 0.1) is 23.7 Å². The molecule has 19 heavy (non-hydrogen) atoms. The molecule has 0 aromatic rings. The van der Waals surface area contributed by atoms with Gasteiger partial charge in [0.1, 0.15) is 11.8 Å². The van der Waals surface area contributed by atoms with Gasteiger partial charge in [-0.25, -0.2) is 4.79 Å². The van der Waals surface area contributed by atoms with Crippen LogP contribution < -0.4 is 0 Å². The monoisotopic (exact) mass is 265 g/mol. The Morgan fingerprint density at radius 2 is 1.89 bits per heavy atom. The predicted octanol–water partition coefficient (Wildman–Crippen LogP) is 2.38. The molecule has 4 heteroatoms. The molecular formula is C15H23NO3. The molecule has 1 saturated carbocycles. The van der Waals surface area contributed by atoms with Crippen LogP contribution >= 0.6 is 0 Å². The highest BCUT2D eigenvalue weighted by Crippen LogP contribution is 2.50. The Bertz CT molecular complexity index is 412. The zero-order chi connectivity index (χ0) is 13.8. The van der Waals surface area contributed by atoms with Crippen molar-refractivity contribution in [3.63, 3.8) is 0 Å². The summed E-state index contributed by atoms with van der Waals surface area (Å²) in [6.07, 6.45) is 5.78. The number of hydrogen-bond donors (Lipinski definition) is 1. The number of nitrogens with zero attached hydrogens (tertiary/aromatic N) is 1. The average molecular weight is 265 g/mol. The molecule has 2 bridgehead atoms. The van der Waals surface area contributed by atoms with Gasteiger partial charge in [0.15, 0.2) is 0 Å². The van der Waals surface area contributed by atoms with Gasteiger partial charge in [0.2, 0.25) is 0 Å². The van der Waals surface area contributed by atoms with Crippen molar-refractivity contribution in [1.29, 1.82) is 0 Å². The maximum Gasteiger partial charge on any atom is 0.412 e. The van der Waals surface area contributed by atoms with Gasteiger partial charge in [0, 0.05) is 12.5 Å². The molecule has 1 N–H and O–H groups in total. The van der Waals surface area contributed by atoms with Crippen LogP contribution in [0.25, 0.3) is 0 Å². The molecule has 1 amide bonds. The summed E-state index contributed by atoms with van der Waals surface area (Å²) in [6, 6.07) is 0. The Morgan fingerprint density at radius 1 is 1.26 bits per heavy atom. The molecule has 1 aliphatic heterocycles. The first-order valence-electron chi connectivity index (χ1n) is 7.23. The van der Waals surface area contributed by atoms with E-state index in [1.54, 1.807) is 0 Å². The fourth-order valence-corrected chi connectivity index (χ4v) is 3.89. The lowest BCUT2D eigenvalue weighted by atomic mass is 9.63. The van der Waals surface area contributed by atoms with Crippen molar-refractivity contribution >= 4 is 6.09 Å². The second-order valence-electron chi connectivity index (χ2n) is 7.08. The molecule has 4 nitrogen and oxygen atoms in total. The summed E-state index contributed by atoms with van der Waals surface area (Å²) in [7, 11) is 0. The van der Waals surface area contributed by atoms with E-state index in [1.165, 1.54) is 11.3 Å². The maximum atomic E-state index is 12.2. The second-order valence-corrected chi connectivity index (χ2v) is 7.08. The second kappa shape index (κ2) is 4.23. The van der Waals surface area contributed by atoms with Crippen molar-refractivity contribution in [3.05, 3.63) is 12.2 Å². The standard InChI is InChI=1S/C15H23NO3/c1-15(2,3)19-14(18)16-8-11-9-4-6-10(7-5-9)12(11)13(16)17/h4,6,9-13,17H,5,7-8H2,1-3H3. The number of amides is 1. The van der Waals surface area contributed by atoms with Crippen LogP contribution in [0.2, 0.25) is 0 Å². The third kappa shape index (κ3) is 2.16. The van der Waals surface area contributed by atoms with Gasteiger partial charge in [0.05, 0.1) is 0 Å². The first-order chi connectivity index (χ1) is 8.87. The highest BCUT2D eigenvalue weighted by Gasteiger charge is 2.53. The average Bonchev–Trinajstić information content (AvgIpc) is 2.69. The molecule has 1 heterocycles. The number of fused-ring (bicyclic) bond motifs is 1. The third-order valence-electron chi connectivity index (χ3n) is 4.68. The number of carbonyl (C=O) groups excluding carboxylic acids is 1. The van der Waals surface area contributed by atoms with Gasteiger partial charge in [-0.15, -0.1) is 0 Å². The minimum atomic E-state index is -0.683. The van der Waals surface area contributed by atoms with Crippen molar-refractivity contribution in [2.75, 3.05) is 6.54 Å². The van der Waals surface area contributed by atoms with Gasteiger partial charge in [0.25, 0.3) is 0 Å². The molecule has 106 valence electrons. The van der Waals surface area contributed by atoms with E-state index < -0.39 is 11.8 Å². The maximum absolute atomic E-state index is 12.2. The summed E-state index contributed by atoms with van der Waals surface area (Å²) < 4.78 is 5.40. The number of likely N-dealkylation sites (tertiary alicyclic amines) is 1. The quantitative estimate of drug-likeness (QED) is 0.684. The van der Waals surface area contributed by atoms with Crippen LogP contribution in [0.1, 0.15) is 33.6 Å². The Hall–Kier alpha value is -1.03. The van der Waals surface area contributed by atoms with Gasteiger partial charge in [-0.2, -0.15) is 0 Å². The van der Waals surface area contributed by atoms with Crippen LogP contribution in [0.5, 0.6) is 0 Å². The van der Waals surface area contributed by atoms with Crippen LogP contribution in [0.15, 0.2) is 12.2 Å². The Balaban J connectivity index is 1.75. The molecule has 0 aromatic heterocycles. The molecule has 0 radical (unpaired) electrons. The first kappa shape index (κ1) is 13.0. The Morgan fingerprint density at radius 3 is 2.42 bits per heavy atom. The van der Waals surface area contributed by atoms with Gasteiger partial charge in [-0.1, -0.05) is 12.2 Å². The number of allylic oxidation sites excluding steroid dienone is 2. The molecule has 4 aliphatic rings. The van der Waals surface area contributed by atoms with Crippen LogP contribution in [0.3, 0.4) is 0 Å². The van der Waals surface area contributed by atoms with Gasteiger partial charge < -0.3 is 9.84 Å². The Kier molecular flexibility index (Phi) is 2.89. The summed E-state index contributed by atoms with van der Waals surface area (Å²) >= 11 is 0. The summed E-state index contributed by atoms with van der Waals surface area (Å²) in [6.45, 7) is 6.19.